The summed E-state index contributed by atoms with van der Waals surface area (Å²) in [6.07, 6.45) is 2.88. The van der Waals surface area contributed by atoms with Crippen molar-refractivity contribution in [2.24, 2.45) is 0 Å². The van der Waals surface area contributed by atoms with Gasteiger partial charge in [-0.1, -0.05) is 18.2 Å². The topological polar surface area (TPSA) is 95.3 Å². The van der Waals surface area contributed by atoms with E-state index in [9.17, 15) is 18.0 Å². The maximum atomic E-state index is 13.3. The Morgan fingerprint density at radius 2 is 1.87 bits per heavy atom. The van der Waals surface area contributed by atoms with Crippen molar-refractivity contribution in [3.8, 4) is 0 Å². The number of methoxy groups -OCH3 is 1. The third-order valence-corrected chi connectivity index (χ3v) is 5.90. The maximum Gasteiger partial charge on any atom is 0.355 e. The summed E-state index contributed by atoms with van der Waals surface area (Å²) < 4.78 is 30.0. The van der Waals surface area contributed by atoms with E-state index in [4.69, 9.17) is 4.74 Å². The molecule has 0 spiro atoms. The number of hydrogen-bond acceptors (Lipinski definition) is 6. The van der Waals surface area contributed by atoms with Crippen molar-refractivity contribution in [2.75, 3.05) is 13.4 Å². The Morgan fingerprint density at radius 1 is 1.20 bits per heavy atom. The van der Waals surface area contributed by atoms with Crippen LogP contribution >= 0.6 is 0 Å². The number of pyridine rings is 2. The molecule has 0 unspecified atom stereocenters. The molecule has 0 atom stereocenters. The fourth-order valence-corrected chi connectivity index (χ4v) is 3.95. The maximum absolute atomic E-state index is 13.3. The summed E-state index contributed by atoms with van der Waals surface area (Å²) in [5.41, 5.74) is 1.84. The SMILES string of the molecule is C=CCn1c(C(=O)OC)c(Cc2ccc(S(C)(=O)=O)cc2)c(=O)c2ccc(C)nc21. The highest BCUT2D eigenvalue weighted by Crippen LogP contribution is 2.20. The van der Waals surface area contributed by atoms with Crippen molar-refractivity contribution in [2.45, 2.75) is 24.8 Å². The van der Waals surface area contributed by atoms with Crippen LogP contribution in [-0.2, 0) is 27.5 Å². The Hall–Kier alpha value is -3.26. The fraction of sp³-hybridized carbons (Fsp3) is 0.227. The highest BCUT2D eigenvalue weighted by Gasteiger charge is 2.23. The number of fused-ring (bicyclic) bond motifs is 1. The van der Waals surface area contributed by atoms with Crippen molar-refractivity contribution in [3.63, 3.8) is 0 Å². The first-order chi connectivity index (χ1) is 14.2. The second kappa shape index (κ2) is 8.23. The summed E-state index contributed by atoms with van der Waals surface area (Å²) in [5.74, 6) is -0.651. The number of ether oxygens (including phenoxy) is 1. The van der Waals surface area contributed by atoms with Crippen LogP contribution in [-0.4, -0.2) is 37.3 Å². The van der Waals surface area contributed by atoms with Crippen molar-refractivity contribution < 1.29 is 17.9 Å². The molecule has 0 saturated carbocycles. The minimum absolute atomic E-state index is 0.111. The number of allylic oxidation sites excluding steroid dienone is 1. The molecule has 30 heavy (non-hydrogen) atoms. The second-order valence-electron chi connectivity index (χ2n) is 6.96. The average molecular weight is 426 g/mol. The Bertz CT molecular complexity index is 1310. The van der Waals surface area contributed by atoms with Gasteiger partial charge >= 0.3 is 5.97 Å². The van der Waals surface area contributed by atoms with Crippen LogP contribution in [0.1, 0.15) is 27.3 Å². The van der Waals surface area contributed by atoms with E-state index >= 15 is 0 Å². The van der Waals surface area contributed by atoms with Crippen molar-refractivity contribution >= 4 is 26.8 Å². The van der Waals surface area contributed by atoms with Crippen LogP contribution in [0, 0.1) is 6.92 Å². The fourth-order valence-electron chi connectivity index (χ4n) is 3.32. The lowest BCUT2D eigenvalue weighted by molar-refractivity contribution is 0.0587. The van der Waals surface area contributed by atoms with Gasteiger partial charge in [0.1, 0.15) is 11.3 Å². The van der Waals surface area contributed by atoms with Gasteiger partial charge in [0.2, 0.25) is 0 Å². The molecule has 8 heteroatoms. The molecule has 0 amide bonds. The zero-order valence-electron chi connectivity index (χ0n) is 17.0. The molecule has 3 rings (SSSR count). The molecule has 0 aliphatic carbocycles. The lowest BCUT2D eigenvalue weighted by Crippen LogP contribution is -2.25. The molecular weight excluding hydrogens is 404 g/mol. The molecule has 0 saturated heterocycles. The number of aryl methyl sites for hydroxylation is 1. The number of hydrogen-bond donors (Lipinski definition) is 0. The van der Waals surface area contributed by atoms with Crippen molar-refractivity contribution in [1.82, 2.24) is 9.55 Å². The quantitative estimate of drug-likeness (QED) is 0.444. The van der Waals surface area contributed by atoms with Crippen LogP contribution in [0.2, 0.25) is 0 Å². The van der Waals surface area contributed by atoms with Crippen LogP contribution in [0.4, 0.5) is 0 Å². The van der Waals surface area contributed by atoms with Crippen LogP contribution in [0.15, 0.2) is 58.7 Å². The van der Waals surface area contributed by atoms with Crippen LogP contribution in [0.5, 0.6) is 0 Å². The Labute approximate surface area is 174 Å². The zero-order chi connectivity index (χ0) is 22.1. The molecule has 7 nitrogen and oxygen atoms in total. The average Bonchev–Trinajstić information content (AvgIpc) is 2.70. The number of carbonyl (C=O) groups excluding carboxylic acids is 1. The predicted molar refractivity (Wildman–Crippen MR) is 115 cm³/mol. The van der Waals surface area contributed by atoms with Gasteiger partial charge in [0.05, 0.1) is 17.4 Å². The summed E-state index contributed by atoms with van der Waals surface area (Å²) in [5, 5.41) is 0.387. The molecule has 156 valence electrons. The first kappa shape index (κ1) is 21.4. The largest absolute Gasteiger partial charge is 0.464 e. The first-order valence-corrected chi connectivity index (χ1v) is 11.1. The van der Waals surface area contributed by atoms with Gasteiger partial charge in [-0.05, 0) is 36.8 Å². The van der Waals surface area contributed by atoms with E-state index in [1.54, 1.807) is 41.8 Å². The van der Waals surface area contributed by atoms with Gasteiger partial charge in [0, 0.05) is 30.5 Å². The second-order valence-corrected chi connectivity index (χ2v) is 8.98. The number of nitrogens with zero attached hydrogens (tertiary/aromatic N) is 2. The van der Waals surface area contributed by atoms with Crippen molar-refractivity contribution in [3.05, 3.63) is 81.8 Å². The van der Waals surface area contributed by atoms with Crippen molar-refractivity contribution in [1.29, 1.82) is 0 Å². The molecule has 2 heterocycles. The standard InChI is InChI=1S/C22H22N2O5S/c1-5-12-24-19(22(26)29-3)18(20(25)17-11-6-14(2)23-21(17)24)13-15-7-9-16(10-8-15)30(4,27)28/h5-11H,1,12-13H2,2-4H3. The number of sulfone groups is 1. The number of aromatic nitrogens is 2. The minimum atomic E-state index is -3.33. The van der Waals surface area contributed by atoms with Crippen LogP contribution in [0.3, 0.4) is 0 Å². The number of rotatable bonds is 6. The lowest BCUT2D eigenvalue weighted by atomic mass is 10.0. The predicted octanol–water partition coefficient (Wildman–Crippen LogP) is 2.67. The van der Waals surface area contributed by atoms with Gasteiger partial charge in [0.25, 0.3) is 0 Å². The molecule has 0 aliphatic heterocycles. The summed E-state index contributed by atoms with van der Waals surface area (Å²) >= 11 is 0. The highest BCUT2D eigenvalue weighted by molar-refractivity contribution is 7.90. The van der Waals surface area contributed by atoms with E-state index in [0.29, 0.717) is 22.3 Å². The van der Waals surface area contributed by atoms with E-state index in [1.165, 1.54) is 19.2 Å². The van der Waals surface area contributed by atoms with Gasteiger partial charge in [-0.15, -0.1) is 6.58 Å². The minimum Gasteiger partial charge on any atom is -0.464 e. The van der Waals surface area contributed by atoms with Gasteiger partial charge in [-0.2, -0.15) is 0 Å². The molecule has 0 aliphatic rings. The molecule has 0 fully saturated rings. The van der Waals surface area contributed by atoms with E-state index in [-0.39, 0.29) is 34.5 Å². The molecule has 0 N–H and O–H groups in total. The number of esters is 1. The van der Waals surface area contributed by atoms with E-state index in [1.807, 2.05) is 0 Å². The van der Waals surface area contributed by atoms with Gasteiger partial charge in [0.15, 0.2) is 15.3 Å². The molecule has 0 bridgehead atoms. The summed E-state index contributed by atoms with van der Waals surface area (Å²) in [4.78, 5) is 30.6. The summed E-state index contributed by atoms with van der Waals surface area (Å²) in [6, 6.07) is 9.66. The molecule has 3 aromatic rings. The van der Waals surface area contributed by atoms with E-state index < -0.39 is 15.8 Å². The third-order valence-electron chi connectivity index (χ3n) is 4.77. The lowest BCUT2D eigenvalue weighted by Gasteiger charge is -2.18. The zero-order valence-corrected chi connectivity index (χ0v) is 17.8. The Kier molecular flexibility index (Phi) is 5.89. The number of benzene rings is 1. The Morgan fingerprint density at radius 3 is 2.43 bits per heavy atom. The summed E-state index contributed by atoms with van der Waals surface area (Å²) in [7, 11) is -2.08. The Balaban J connectivity index is 2.28. The summed E-state index contributed by atoms with van der Waals surface area (Å²) in [6.45, 7) is 5.81. The smallest absolute Gasteiger partial charge is 0.355 e. The number of carbonyl (C=O) groups is 1. The molecular formula is C22H22N2O5S. The van der Waals surface area contributed by atoms with Crippen LogP contribution in [0.25, 0.3) is 11.0 Å². The van der Waals surface area contributed by atoms with Gasteiger partial charge < -0.3 is 9.30 Å². The van der Waals surface area contributed by atoms with E-state index in [2.05, 4.69) is 11.6 Å². The molecule has 0 radical (unpaired) electrons. The molecule has 2 aromatic heterocycles. The van der Waals surface area contributed by atoms with Crippen LogP contribution < -0.4 is 5.43 Å². The van der Waals surface area contributed by atoms with Gasteiger partial charge in [-0.25, -0.2) is 18.2 Å². The highest BCUT2D eigenvalue weighted by atomic mass is 32.2. The van der Waals surface area contributed by atoms with E-state index in [0.717, 1.165) is 6.26 Å². The monoisotopic (exact) mass is 426 g/mol. The van der Waals surface area contributed by atoms with Gasteiger partial charge in [-0.3, -0.25) is 4.79 Å². The normalized spacial score (nSPS) is 11.4. The molecule has 1 aromatic carbocycles. The first-order valence-electron chi connectivity index (χ1n) is 9.18. The third kappa shape index (κ3) is 4.04.